The molecule has 0 bridgehead atoms. The zero-order valence-electron chi connectivity index (χ0n) is 15.7. The van der Waals surface area contributed by atoms with Gasteiger partial charge in [0.05, 0.1) is 6.61 Å². The van der Waals surface area contributed by atoms with Crippen LogP contribution in [-0.2, 0) is 15.5 Å². The number of hydrogen-bond donors (Lipinski definition) is 0. The molecule has 0 N–H and O–H groups in total. The minimum atomic E-state index is -2.07. The van der Waals surface area contributed by atoms with Crippen LogP contribution in [0.4, 0.5) is 0 Å². The molecule has 0 saturated carbocycles. The number of fused-ring (bicyclic) bond motifs is 1. The van der Waals surface area contributed by atoms with Gasteiger partial charge in [0.25, 0.3) is 0 Å². The van der Waals surface area contributed by atoms with Gasteiger partial charge in [0, 0.05) is 6.61 Å². The molecule has 2 aromatic carbocycles. The van der Waals surface area contributed by atoms with Crippen LogP contribution in [-0.4, -0.2) is 15.2 Å². The van der Waals surface area contributed by atoms with E-state index in [-0.39, 0.29) is 0 Å². The van der Waals surface area contributed by atoms with Crippen LogP contribution in [0.2, 0.25) is 12.1 Å². The standard InChI is InChI=1S/C21H32O2Si/c1-5-24(6-2,22-15-9-10-18(3)4)23-17-19-13-14-20-11-7-8-12-21(20)16-19/h7-8,11-14,16,18H,5-6,9-10,15,17H2,1-4H3. The van der Waals surface area contributed by atoms with Gasteiger partial charge in [-0.25, -0.2) is 0 Å². The van der Waals surface area contributed by atoms with Gasteiger partial charge in [0.2, 0.25) is 0 Å². The molecule has 0 unspecified atom stereocenters. The molecule has 0 atom stereocenters. The lowest BCUT2D eigenvalue weighted by Gasteiger charge is -2.29. The molecule has 2 aromatic rings. The van der Waals surface area contributed by atoms with E-state index in [0.717, 1.165) is 31.0 Å². The second-order valence-corrected chi connectivity index (χ2v) is 10.8. The summed E-state index contributed by atoms with van der Waals surface area (Å²) in [4.78, 5) is 0. The van der Waals surface area contributed by atoms with E-state index in [1.54, 1.807) is 0 Å². The number of rotatable bonds is 10. The molecule has 132 valence electrons. The molecule has 2 nitrogen and oxygen atoms in total. The molecule has 2 rings (SSSR count). The largest absolute Gasteiger partial charge is 0.394 e. The second kappa shape index (κ2) is 9.35. The lowest BCUT2D eigenvalue weighted by atomic mass is 10.1. The summed E-state index contributed by atoms with van der Waals surface area (Å²) in [5.74, 6) is 0.742. The Balaban J connectivity index is 1.95. The molecule has 0 amide bonds. The fourth-order valence-electron chi connectivity index (χ4n) is 2.99. The normalized spacial score (nSPS) is 12.2. The molecule has 0 radical (unpaired) electrons. The Kier molecular flexibility index (Phi) is 7.47. The first-order valence-corrected chi connectivity index (χ1v) is 11.6. The fraction of sp³-hybridized carbons (Fsp3) is 0.524. The highest BCUT2D eigenvalue weighted by Gasteiger charge is 2.33. The van der Waals surface area contributed by atoms with Gasteiger partial charge in [-0.1, -0.05) is 64.1 Å². The zero-order chi connectivity index (χ0) is 17.4. The molecule has 0 heterocycles. The molecule has 3 heteroatoms. The Morgan fingerprint density at radius 1 is 0.917 bits per heavy atom. The fourth-order valence-corrected chi connectivity index (χ4v) is 5.34. The van der Waals surface area contributed by atoms with Crippen molar-refractivity contribution in [1.82, 2.24) is 0 Å². The monoisotopic (exact) mass is 344 g/mol. The van der Waals surface area contributed by atoms with Crippen molar-refractivity contribution in [1.29, 1.82) is 0 Å². The van der Waals surface area contributed by atoms with E-state index in [4.69, 9.17) is 8.85 Å². The molecule has 0 saturated heterocycles. The minimum Gasteiger partial charge on any atom is -0.394 e. The van der Waals surface area contributed by atoms with Gasteiger partial charge < -0.3 is 8.85 Å². The Hall–Kier alpha value is -1.16. The summed E-state index contributed by atoms with van der Waals surface area (Å²) in [5.41, 5.74) is 1.23. The highest BCUT2D eigenvalue weighted by molar-refractivity contribution is 6.67. The molecule has 24 heavy (non-hydrogen) atoms. The summed E-state index contributed by atoms with van der Waals surface area (Å²) in [5, 5.41) is 2.55. The van der Waals surface area contributed by atoms with E-state index in [0.29, 0.717) is 6.61 Å². The average molecular weight is 345 g/mol. The van der Waals surface area contributed by atoms with E-state index in [1.807, 2.05) is 0 Å². The lowest BCUT2D eigenvalue weighted by Crippen LogP contribution is -2.40. The zero-order valence-corrected chi connectivity index (χ0v) is 16.7. The van der Waals surface area contributed by atoms with Gasteiger partial charge in [-0.05, 0) is 53.3 Å². The topological polar surface area (TPSA) is 18.5 Å². The molecule has 0 spiro atoms. The van der Waals surface area contributed by atoms with Crippen LogP contribution in [0.1, 0.15) is 46.1 Å². The third-order valence-electron chi connectivity index (χ3n) is 4.68. The van der Waals surface area contributed by atoms with Crippen LogP contribution >= 0.6 is 0 Å². The summed E-state index contributed by atoms with van der Waals surface area (Å²) in [7, 11) is -2.07. The van der Waals surface area contributed by atoms with Gasteiger partial charge >= 0.3 is 8.56 Å². The number of hydrogen-bond acceptors (Lipinski definition) is 2. The SMILES string of the molecule is CC[Si](CC)(OCCCC(C)C)OCc1ccc2ccccc2c1. The van der Waals surface area contributed by atoms with Gasteiger partial charge in [-0.3, -0.25) is 0 Å². The van der Waals surface area contributed by atoms with Crippen LogP contribution in [0.15, 0.2) is 42.5 Å². The second-order valence-electron chi connectivity index (χ2n) is 6.97. The highest BCUT2D eigenvalue weighted by atomic mass is 28.4. The van der Waals surface area contributed by atoms with Gasteiger partial charge in [0.1, 0.15) is 0 Å². The number of benzene rings is 2. The first-order valence-electron chi connectivity index (χ1n) is 9.34. The summed E-state index contributed by atoms with van der Waals surface area (Å²) in [6.07, 6.45) is 2.36. The van der Waals surface area contributed by atoms with E-state index in [1.165, 1.54) is 22.8 Å². The summed E-state index contributed by atoms with van der Waals surface area (Å²) < 4.78 is 12.7. The predicted molar refractivity (Wildman–Crippen MR) is 105 cm³/mol. The van der Waals surface area contributed by atoms with Crippen molar-refractivity contribution >= 4 is 19.3 Å². The van der Waals surface area contributed by atoms with Crippen LogP contribution in [0, 0.1) is 5.92 Å². The smallest absolute Gasteiger partial charge is 0.337 e. The Morgan fingerprint density at radius 2 is 1.62 bits per heavy atom. The maximum Gasteiger partial charge on any atom is 0.337 e. The highest BCUT2D eigenvalue weighted by Crippen LogP contribution is 2.23. The van der Waals surface area contributed by atoms with E-state index < -0.39 is 8.56 Å². The van der Waals surface area contributed by atoms with Crippen molar-refractivity contribution in [2.75, 3.05) is 6.61 Å². The molecule has 0 fully saturated rings. The van der Waals surface area contributed by atoms with Crippen molar-refractivity contribution < 1.29 is 8.85 Å². The third kappa shape index (κ3) is 5.44. The molecule has 0 aromatic heterocycles. The van der Waals surface area contributed by atoms with Crippen LogP contribution < -0.4 is 0 Å². The van der Waals surface area contributed by atoms with Crippen molar-refractivity contribution in [3.05, 3.63) is 48.0 Å². The van der Waals surface area contributed by atoms with E-state index in [2.05, 4.69) is 70.2 Å². The summed E-state index contributed by atoms with van der Waals surface area (Å²) in [6, 6.07) is 17.1. The maximum absolute atomic E-state index is 6.39. The molecular weight excluding hydrogens is 312 g/mol. The van der Waals surface area contributed by atoms with Crippen molar-refractivity contribution in [3.8, 4) is 0 Å². The Bertz CT molecular complexity index is 620. The first kappa shape index (κ1) is 19.2. The predicted octanol–water partition coefficient (Wildman–Crippen LogP) is 6.29. The van der Waals surface area contributed by atoms with Crippen molar-refractivity contribution in [3.63, 3.8) is 0 Å². The lowest BCUT2D eigenvalue weighted by molar-refractivity contribution is 0.157. The molecule has 0 aliphatic carbocycles. The molecule has 0 aliphatic heterocycles. The van der Waals surface area contributed by atoms with E-state index >= 15 is 0 Å². The van der Waals surface area contributed by atoms with Gasteiger partial charge in [0.15, 0.2) is 0 Å². The quantitative estimate of drug-likeness (QED) is 0.372. The minimum absolute atomic E-state index is 0.656. The first-order chi connectivity index (χ1) is 11.6. The third-order valence-corrected chi connectivity index (χ3v) is 8.24. The molecule has 0 aliphatic rings. The van der Waals surface area contributed by atoms with Crippen molar-refractivity contribution in [2.24, 2.45) is 5.92 Å². The van der Waals surface area contributed by atoms with Crippen LogP contribution in [0.3, 0.4) is 0 Å². The van der Waals surface area contributed by atoms with E-state index in [9.17, 15) is 0 Å². The van der Waals surface area contributed by atoms with Crippen molar-refractivity contribution in [2.45, 2.75) is 59.2 Å². The maximum atomic E-state index is 6.39. The average Bonchev–Trinajstić information content (AvgIpc) is 2.61. The van der Waals surface area contributed by atoms with Gasteiger partial charge in [-0.2, -0.15) is 0 Å². The Labute approximate surface area is 148 Å². The summed E-state index contributed by atoms with van der Waals surface area (Å²) >= 11 is 0. The van der Waals surface area contributed by atoms with Crippen LogP contribution in [0.25, 0.3) is 10.8 Å². The van der Waals surface area contributed by atoms with Crippen LogP contribution in [0.5, 0.6) is 0 Å². The summed E-state index contributed by atoms with van der Waals surface area (Å²) in [6.45, 7) is 10.4. The Morgan fingerprint density at radius 3 is 2.29 bits per heavy atom. The molecular formula is C21H32O2Si. The van der Waals surface area contributed by atoms with Gasteiger partial charge in [-0.15, -0.1) is 0 Å².